The maximum absolute atomic E-state index is 13.7. The number of hydrogen-bond acceptors (Lipinski definition) is 4. The number of benzene rings is 1. The lowest BCUT2D eigenvalue weighted by atomic mass is 9.89. The monoisotopic (exact) mass is 368 g/mol. The van der Waals surface area contributed by atoms with Crippen LogP contribution in [0.2, 0.25) is 0 Å². The molecule has 1 aromatic carbocycles. The number of likely N-dealkylation sites (tertiary alicyclic amines) is 2. The van der Waals surface area contributed by atoms with E-state index in [1.54, 1.807) is 6.07 Å². The van der Waals surface area contributed by atoms with E-state index in [4.69, 9.17) is 0 Å². The molecule has 2 aliphatic rings. The molecule has 2 aromatic rings. The predicted octanol–water partition coefficient (Wildman–Crippen LogP) is 3.65. The highest BCUT2D eigenvalue weighted by molar-refractivity contribution is 5.24. The zero-order valence-electron chi connectivity index (χ0n) is 16.7. The predicted molar refractivity (Wildman–Crippen MR) is 105 cm³/mol. The summed E-state index contributed by atoms with van der Waals surface area (Å²) < 4.78 is 13.7. The quantitative estimate of drug-likeness (QED) is 0.828. The third-order valence-electron chi connectivity index (χ3n) is 5.94. The van der Waals surface area contributed by atoms with Crippen LogP contribution in [0.5, 0.6) is 0 Å². The summed E-state index contributed by atoms with van der Waals surface area (Å²) in [6.45, 7) is 10.5. The van der Waals surface area contributed by atoms with Crippen molar-refractivity contribution in [1.82, 2.24) is 19.8 Å². The number of fused-ring (bicyclic) bond motifs is 1. The Labute approximate surface area is 161 Å². The molecule has 0 radical (unpaired) electrons. The molecule has 5 heteroatoms. The average molecular weight is 369 g/mol. The first-order chi connectivity index (χ1) is 12.8. The lowest BCUT2D eigenvalue weighted by Gasteiger charge is -2.27. The molecule has 4 nitrogen and oxygen atoms in total. The van der Waals surface area contributed by atoms with Crippen molar-refractivity contribution in [2.45, 2.75) is 38.8 Å². The molecular weight excluding hydrogens is 339 g/mol. The van der Waals surface area contributed by atoms with Gasteiger partial charge < -0.3 is 0 Å². The molecule has 0 spiro atoms. The molecule has 0 unspecified atom stereocenters. The molecule has 0 bridgehead atoms. The van der Waals surface area contributed by atoms with Gasteiger partial charge in [-0.25, -0.2) is 14.4 Å². The first kappa shape index (κ1) is 18.5. The summed E-state index contributed by atoms with van der Waals surface area (Å²) in [4.78, 5) is 14.0. The van der Waals surface area contributed by atoms with Crippen LogP contribution >= 0.6 is 0 Å². The van der Waals surface area contributed by atoms with Gasteiger partial charge in [0.25, 0.3) is 0 Å². The lowest BCUT2D eigenvalue weighted by Crippen LogP contribution is -2.29. The first-order valence-electron chi connectivity index (χ1n) is 9.81. The van der Waals surface area contributed by atoms with E-state index in [1.807, 2.05) is 18.5 Å². The number of nitrogens with zero attached hydrogens (tertiary/aromatic N) is 4. The smallest absolute Gasteiger partial charge is 0.133 e. The third kappa shape index (κ3) is 3.76. The Bertz CT molecular complexity index is 799. The molecule has 4 rings (SSSR count). The highest BCUT2D eigenvalue weighted by Gasteiger charge is 2.46. The molecule has 0 amide bonds. The van der Waals surface area contributed by atoms with Crippen LogP contribution in [0.15, 0.2) is 36.7 Å². The fourth-order valence-electron chi connectivity index (χ4n) is 4.75. The van der Waals surface area contributed by atoms with Crippen molar-refractivity contribution in [2.24, 2.45) is 11.8 Å². The second-order valence-electron chi connectivity index (χ2n) is 9.22. The van der Waals surface area contributed by atoms with Gasteiger partial charge in [0, 0.05) is 55.6 Å². The van der Waals surface area contributed by atoms with Gasteiger partial charge in [-0.05, 0) is 36.6 Å². The second kappa shape index (κ2) is 6.95. The van der Waals surface area contributed by atoms with Crippen LogP contribution in [-0.2, 0) is 12.0 Å². The van der Waals surface area contributed by atoms with Gasteiger partial charge in [-0.2, -0.15) is 0 Å². The van der Waals surface area contributed by atoms with E-state index < -0.39 is 0 Å². The summed E-state index contributed by atoms with van der Waals surface area (Å²) in [7, 11) is 2.16. The molecule has 0 saturated carbocycles. The zero-order valence-corrected chi connectivity index (χ0v) is 16.7. The van der Waals surface area contributed by atoms with E-state index in [0.717, 1.165) is 37.6 Å². The van der Waals surface area contributed by atoms with E-state index >= 15 is 0 Å². The van der Waals surface area contributed by atoms with Crippen molar-refractivity contribution in [3.8, 4) is 0 Å². The Balaban J connectivity index is 1.45. The molecule has 144 valence electrons. The fourth-order valence-corrected chi connectivity index (χ4v) is 4.75. The van der Waals surface area contributed by atoms with E-state index in [2.05, 4.69) is 53.7 Å². The molecular formula is C22H29FN4. The fraction of sp³-hybridized carbons (Fsp3) is 0.545. The average Bonchev–Trinajstić information content (AvgIpc) is 3.10. The van der Waals surface area contributed by atoms with Gasteiger partial charge in [0.1, 0.15) is 11.6 Å². The Hall–Kier alpha value is -1.85. The Morgan fingerprint density at radius 3 is 2.52 bits per heavy atom. The topological polar surface area (TPSA) is 32.3 Å². The number of rotatable bonds is 3. The number of halogens is 1. The molecule has 0 N–H and O–H groups in total. The van der Waals surface area contributed by atoms with Crippen LogP contribution in [0.25, 0.3) is 0 Å². The largest absolute Gasteiger partial charge is 0.299 e. The summed E-state index contributed by atoms with van der Waals surface area (Å²) in [6.07, 6.45) is 3.94. The van der Waals surface area contributed by atoms with Gasteiger partial charge in [-0.15, -0.1) is 0 Å². The van der Waals surface area contributed by atoms with Gasteiger partial charge in [0.2, 0.25) is 0 Å². The first-order valence-corrected chi connectivity index (χ1v) is 9.81. The summed E-state index contributed by atoms with van der Waals surface area (Å²) >= 11 is 0. The van der Waals surface area contributed by atoms with Gasteiger partial charge in [0.15, 0.2) is 0 Å². The van der Waals surface area contributed by atoms with Crippen LogP contribution in [0.1, 0.15) is 43.8 Å². The van der Waals surface area contributed by atoms with E-state index in [-0.39, 0.29) is 11.2 Å². The zero-order chi connectivity index (χ0) is 19.2. The summed E-state index contributed by atoms with van der Waals surface area (Å²) in [5, 5.41) is 0. The minimum absolute atomic E-state index is 0.0219. The lowest BCUT2D eigenvalue weighted by molar-refractivity contribution is 0.224. The highest BCUT2D eigenvalue weighted by atomic mass is 19.1. The van der Waals surface area contributed by atoms with Crippen LogP contribution < -0.4 is 0 Å². The number of aromatic nitrogens is 2. The molecule has 2 fully saturated rings. The van der Waals surface area contributed by atoms with Gasteiger partial charge in [0.05, 0.1) is 0 Å². The minimum atomic E-state index is -0.143. The van der Waals surface area contributed by atoms with Crippen LogP contribution in [0.3, 0.4) is 0 Å². The second-order valence-corrected chi connectivity index (χ2v) is 9.22. The highest BCUT2D eigenvalue weighted by Crippen LogP contribution is 2.44. The van der Waals surface area contributed by atoms with Crippen LogP contribution in [-0.4, -0.2) is 46.4 Å². The van der Waals surface area contributed by atoms with Gasteiger partial charge >= 0.3 is 0 Å². The van der Waals surface area contributed by atoms with E-state index in [0.29, 0.717) is 17.9 Å². The van der Waals surface area contributed by atoms with Crippen molar-refractivity contribution in [3.05, 3.63) is 59.4 Å². The molecule has 27 heavy (non-hydrogen) atoms. The number of hydrogen-bond donors (Lipinski definition) is 0. The molecule has 2 aliphatic heterocycles. The normalized spacial score (nSPS) is 26.5. The molecule has 3 heterocycles. The molecule has 2 saturated heterocycles. The van der Waals surface area contributed by atoms with E-state index in [1.165, 1.54) is 11.6 Å². The summed E-state index contributed by atoms with van der Waals surface area (Å²) in [6, 6.07) is 7.42. The van der Waals surface area contributed by atoms with Gasteiger partial charge in [-0.1, -0.05) is 32.9 Å². The third-order valence-corrected chi connectivity index (χ3v) is 5.94. The van der Waals surface area contributed by atoms with E-state index in [9.17, 15) is 4.39 Å². The Morgan fingerprint density at radius 2 is 1.85 bits per heavy atom. The van der Waals surface area contributed by atoms with Crippen molar-refractivity contribution in [2.75, 3.05) is 26.7 Å². The van der Waals surface area contributed by atoms with Crippen molar-refractivity contribution in [3.63, 3.8) is 0 Å². The summed E-state index contributed by atoms with van der Waals surface area (Å²) in [5.41, 5.74) is 2.25. The Kier molecular flexibility index (Phi) is 4.77. The standard InChI is InChI=1S/C22H29FN4/c1-22(2,3)21-24-9-15(10-25-21)11-27-13-17-12-26(4)20(19(17)14-27)16-6-5-7-18(23)8-16/h5-10,17,19-20H,11-14H2,1-4H3/t17-,19+,20-/m0/s1. The molecule has 3 atom stereocenters. The van der Waals surface area contributed by atoms with Crippen molar-refractivity contribution in [1.29, 1.82) is 0 Å². The Morgan fingerprint density at radius 1 is 1.11 bits per heavy atom. The minimum Gasteiger partial charge on any atom is -0.299 e. The van der Waals surface area contributed by atoms with Crippen molar-refractivity contribution >= 4 is 0 Å². The molecule has 0 aliphatic carbocycles. The maximum atomic E-state index is 13.7. The molecule has 1 aromatic heterocycles. The van der Waals surface area contributed by atoms with Crippen LogP contribution in [0, 0.1) is 17.7 Å². The summed E-state index contributed by atoms with van der Waals surface area (Å²) in [5.74, 6) is 1.93. The van der Waals surface area contributed by atoms with Crippen molar-refractivity contribution < 1.29 is 4.39 Å². The van der Waals surface area contributed by atoms with Crippen LogP contribution in [0.4, 0.5) is 4.39 Å². The maximum Gasteiger partial charge on any atom is 0.133 e. The SMILES string of the molecule is CN1C[C@H]2CN(Cc3cnc(C(C)(C)C)nc3)C[C@H]2[C@@H]1c1cccc(F)c1. The van der Waals surface area contributed by atoms with Gasteiger partial charge in [-0.3, -0.25) is 9.80 Å².